The van der Waals surface area contributed by atoms with Crippen LogP contribution in [0.5, 0.6) is 0 Å². The average molecular weight is 512 g/mol. The fourth-order valence-corrected chi connectivity index (χ4v) is 4.71. The van der Waals surface area contributed by atoms with E-state index in [2.05, 4.69) is 22.4 Å². The number of para-hydroxylation sites is 1. The fourth-order valence-electron chi connectivity index (χ4n) is 4.71. The maximum atomic E-state index is 13.7. The Labute approximate surface area is 222 Å². The highest BCUT2D eigenvalue weighted by atomic mass is 16.5. The Kier molecular flexibility index (Phi) is 9.06. The molecule has 7 heteroatoms. The molecule has 2 amide bonds. The summed E-state index contributed by atoms with van der Waals surface area (Å²) in [6.45, 7) is 2.03. The van der Waals surface area contributed by atoms with E-state index in [1.165, 1.54) is 5.56 Å². The van der Waals surface area contributed by atoms with Crippen LogP contribution in [-0.4, -0.2) is 33.8 Å². The minimum absolute atomic E-state index is 0.171. The Morgan fingerprint density at radius 3 is 2.34 bits per heavy atom. The summed E-state index contributed by atoms with van der Waals surface area (Å²) in [7, 11) is 0. The van der Waals surface area contributed by atoms with Gasteiger partial charge in [0, 0.05) is 41.4 Å². The van der Waals surface area contributed by atoms with Crippen LogP contribution in [0.4, 0.5) is 0 Å². The Morgan fingerprint density at radius 2 is 1.61 bits per heavy atom. The maximum absolute atomic E-state index is 13.7. The number of hydroxylamine groups is 1. The van der Waals surface area contributed by atoms with Gasteiger partial charge in [0.25, 0.3) is 0 Å². The zero-order valence-electron chi connectivity index (χ0n) is 21.4. The molecule has 4 aromatic rings. The van der Waals surface area contributed by atoms with Gasteiger partial charge < -0.3 is 10.3 Å². The van der Waals surface area contributed by atoms with Crippen LogP contribution in [-0.2, 0) is 22.4 Å². The Balaban J connectivity index is 1.53. The van der Waals surface area contributed by atoms with E-state index < -0.39 is 17.9 Å². The first-order chi connectivity index (χ1) is 18.4. The van der Waals surface area contributed by atoms with Gasteiger partial charge in [0.2, 0.25) is 11.8 Å². The average Bonchev–Trinajstić information content (AvgIpc) is 3.37. The summed E-state index contributed by atoms with van der Waals surface area (Å²) >= 11 is 0. The molecule has 4 rings (SSSR count). The first-order valence-corrected chi connectivity index (χ1v) is 12.9. The van der Waals surface area contributed by atoms with Crippen LogP contribution >= 0.6 is 0 Å². The summed E-state index contributed by atoms with van der Waals surface area (Å²) in [5.74, 6) is -1.92. The monoisotopic (exact) mass is 511 g/mol. The molecule has 1 heterocycles. The van der Waals surface area contributed by atoms with Crippen molar-refractivity contribution in [3.8, 4) is 0 Å². The number of aromatic amines is 1. The highest BCUT2D eigenvalue weighted by Gasteiger charge is 2.29. The second-order valence-corrected chi connectivity index (χ2v) is 9.68. The number of aromatic nitrogens is 1. The van der Waals surface area contributed by atoms with E-state index >= 15 is 0 Å². The van der Waals surface area contributed by atoms with Gasteiger partial charge in [0.15, 0.2) is 5.78 Å². The largest absolute Gasteiger partial charge is 0.360 e. The summed E-state index contributed by atoms with van der Waals surface area (Å²) < 4.78 is 0. The number of carbonyl (C=O) groups excluding carboxylic acids is 3. The van der Waals surface area contributed by atoms with Crippen LogP contribution < -0.4 is 10.8 Å². The summed E-state index contributed by atoms with van der Waals surface area (Å²) in [5.41, 5.74) is 6.22. The molecule has 0 spiro atoms. The van der Waals surface area contributed by atoms with E-state index in [0.29, 0.717) is 24.8 Å². The molecule has 0 unspecified atom stereocenters. The van der Waals surface area contributed by atoms with Crippen molar-refractivity contribution in [1.29, 1.82) is 0 Å². The van der Waals surface area contributed by atoms with Crippen molar-refractivity contribution >= 4 is 28.5 Å². The first kappa shape index (κ1) is 26.8. The van der Waals surface area contributed by atoms with Gasteiger partial charge >= 0.3 is 0 Å². The molecule has 2 atom stereocenters. The highest BCUT2D eigenvalue weighted by molar-refractivity contribution is 6.11. The van der Waals surface area contributed by atoms with Crippen LogP contribution in [0, 0.1) is 12.8 Å². The molecule has 196 valence electrons. The molecule has 0 saturated heterocycles. The third-order valence-electron chi connectivity index (χ3n) is 6.84. The van der Waals surface area contributed by atoms with Gasteiger partial charge in [0.05, 0.1) is 6.04 Å². The van der Waals surface area contributed by atoms with Crippen molar-refractivity contribution in [2.24, 2.45) is 5.92 Å². The first-order valence-electron chi connectivity index (χ1n) is 12.9. The van der Waals surface area contributed by atoms with E-state index in [0.717, 1.165) is 28.5 Å². The molecule has 0 bridgehead atoms. The quantitative estimate of drug-likeness (QED) is 0.123. The minimum atomic E-state index is -0.819. The van der Waals surface area contributed by atoms with Gasteiger partial charge in [-0.1, -0.05) is 78.4 Å². The van der Waals surface area contributed by atoms with Crippen LogP contribution in [0.25, 0.3) is 10.9 Å². The number of amides is 2. The molecule has 1 aromatic heterocycles. The van der Waals surface area contributed by atoms with Gasteiger partial charge in [-0.15, -0.1) is 0 Å². The molecule has 38 heavy (non-hydrogen) atoms. The van der Waals surface area contributed by atoms with E-state index in [1.54, 1.807) is 11.7 Å². The van der Waals surface area contributed by atoms with Crippen LogP contribution in [0.1, 0.15) is 46.3 Å². The number of rotatable bonds is 12. The lowest BCUT2D eigenvalue weighted by atomic mass is 9.93. The summed E-state index contributed by atoms with van der Waals surface area (Å²) in [4.78, 5) is 42.4. The van der Waals surface area contributed by atoms with Crippen molar-refractivity contribution in [3.63, 3.8) is 0 Å². The van der Waals surface area contributed by atoms with Gasteiger partial charge in [-0.2, -0.15) is 0 Å². The molecule has 4 N–H and O–H groups in total. The number of nitrogens with one attached hydrogen (secondary N) is 3. The number of Topliss-reactive ketones (excluding diaryl/α,β-unsaturated/α-hetero) is 1. The summed E-state index contributed by atoms with van der Waals surface area (Å²) in [5, 5.41) is 12.8. The SMILES string of the molecule is Cc1ccc(CCC[C@H](CC(=O)NO)C(=O)N[C@@H](Cc2ccccc2)C(=O)c2c[nH]c3ccccc23)cc1. The number of H-pyrrole nitrogens is 1. The number of carbonyl (C=O) groups is 3. The van der Waals surface area contributed by atoms with E-state index in [9.17, 15) is 14.4 Å². The van der Waals surface area contributed by atoms with Gasteiger partial charge in [-0.25, -0.2) is 5.48 Å². The lowest BCUT2D eigenvalue weighted by Crippen LogP contribution is -2.45. The third kappa shape index (κ3) is 6.95. The van der Waals surface area contributed by atoms with Crippen molar-refractivity contribution in [2.75, 3.05) is 0 Å². The lowest BCUT2D eigenvalue weighted by molar-refractivity contribution is -0.135. The van der Waals surface area contributed by atoms with Crippen molar-refractivity contribution in [2.45, 2.75) is 45.1 Å². The van der Waals surface area contributed by atoms with Gasteiger partial charge in [-0.3, -0.25) is 19.6 Å². The van der Waals surface area contributed by atoms with E-state index in [1.807, 2.05) is 73.7 Å². The molecule has 0 aliphatic heterocycles. The summed E-state index contributed by atoms with van der Waals surface area (Å²) in [6, 6.07) is 24.4. The number of hydrogen-bond donors (Lipinski definition) is 4. The standard InChI is InChI=1S/C31H33N3O4/c1-21-14-16-22(17-15-21)10-7-11-24(19-29(35)34-38)31(37)33-28(18-23-8-3-2-4-9-23)30(36)26-20-32-27-13-6-5-12-25(26)27/h2-6,8-9,12-17,20,24,28,32,38H,7,10-11,18-19H2,1H3,(H,33,37)(H,34,35)/t24-,28+/m1/s1. The van der Waals surface area contributed by atoms with Crippen molar-refractivity contribution in [1.82, 2.24) is 15.8 Å². The Bertz CT molecular complexity index is 1380. The normalized spacial score (nSPS) is 12.6. The predicted octanol–water partition coefficient (Wildman–Crippen LogP) is 4.92. The zero-order chi connectivity index (χ0) is 26.9. The maximum Gasteiger partial charge on any atom is 0.244 e. The third-order valence-corrected chi connectivity index (χ3v) is 6.84. The van der Waals surface area contributed by atoms with E-state index in [4.69, 9.17) is 5.21 Å². The van der Waals surface area contributed by atoms with Gasteiger partial charge in [-0.05, 0) is 43.4 Å². The molecule has 0 fully saturated rings. The lowest BCUT2D eigenvalue weighted by Gasteiger charge is -2.22. The molecule has 0 saturated carbocycles. The molecular weight excluding hydrogens is 478 g/mol. The molecule has 7 nitrogen and oxygen atoms in total. The fraction of sp³-hybridized carbons (Fsp3) is 0.258. The topological polar surface area (TPSA) is 111 Å². The zero-order valence-corrected chi connectivity index (χ0v) is 21.4. The molecular formula is C31H33N3O4. The number of fused-ring (bicyclic) bond motifs is 1. The second-order valence-electron chi connectivity index (χ2n) is 9.68. The van der Waals surface area contributed by atoms with Gasteiger partial charge in [0.1, 0.15) is 0 Å². The summed E-state index contributed by atoms with van der Waals surface area (Å²) in [6.07, 6.45) is 3.69. The van der Waals surface area contributed by atoms with Crippen molar-refractivity contribution in [3.05, 3.63) is 107 Å². The number of ketones is 1. The molecule has 0 aliphatic carbocycles. The smallest absolute Gasteiger partial charge is 0.244 e. The minimum Gasteiger partial charge on any atom is -0.360 e. The number of hydrogen-bond acceptors (Lipinski definition) is 4. The van der Waals surface area contributed by atoms with Crippen LogP contribution in [0.3, 0.4) is 0 Å². The molecule has 0 radical (unpaired) electrons. The Morgan fingerprint density at radius 1 is 0.895 bits per heavy atom. The van der Waals surface area contributed by atoms with E-state index in [-0.39, 0.29) is 18.1 Å². The number of benzene rings is 3. The number of aryl methyl sites for hydroxylation is 2. The van der Waals surface area contributed by atoms with Crippen molar-refractivity contribution < 1.29 is 19.6 Å². The highest BCUT2D eigenvalue weighted by Crippen LogP contribution is 2.22. The Hall–Kier alpha value is -4.23. The molecule has 0 aliphatic rings. The second kappa shape index (κ2) is 12.8. The van der Waals surface area contributed by atoms with Crippen LogP contribution in [0.2, 0.25) is 0 Å². The predicted molar refractivity (Wildman–Crippen MR) is 147 cm³/mol. The van der Waals surface area contributed by atoms with Crippen LogP contribution in [0.15, 0.2) is 85.1 Å². The molecule has 3 aromatic carbocycles.